The third kappa shape index (κ3) is 4.49. The van der Waals surface area contributed by atoms with Crippen LogP contribution in [0.5, 0.6) is 0 Å². The maximum absolute atomic E-state index is 3.62. The summed E-state index contributed by atoms with van der Waals surface area (Å²) in [5, 5.41) is 3.62. The average Bonchev–Trinajstić information content (AvgIpc) is 2.17. The summed E-state index contributed by atoms with van der Waals surface area (Å²) >= 11 is 0. The highest BCUT2D eigenvalue weighted by atomic mass is 15.2. The Bertz CT molecular complexity index is 170. The molecule has 1 aliphatic heterocycles. The van der Waals surface area contributed by atoms with E-state index in [4.69, 9.17) is 0 Å². The second kappa shape index (κ2) is 6.46. The number of hydrogen-bond acceptors (Lipinski definition) is 3. The van der Waals surface area contributed by atoms with E-state index in [2.05, 4.69) is 43.2 Å². The first-order valence-electron chi connectivity index (χ1n) is 6.21. The van der Waals surface area contributed by atoms with Crippen molar-refractivity contribution in [3.63, 3.8) is 0 Å². The van der Waals surface area contributed by atoms with E-state index in [0.29, 0.717) is 6.04 Å². The lowest BCUT2D eigenvalue weighted by Crippen LogP contribution is -2.51. The molecule has 0 aliphatic carbocycles. The van der Waals surface area contributed by atoms with Crippen LogP contribution < -0.4 is 5.32 Å². The number of piperazine rings is 1. The molecule has 3 heteroatoms. The molecular formula is C12H27N3. The van der Waals surface area contributed by atoms with Crippen molar-refractivity contribution >= 4 is 0 Å². The first-order chi connectivity index (χ1) is 7.13. The quantitative estimate of drug-likeness (QED) is 0.735. The van der Waals surface area contributed by atoms with Crippen molar-refractivity contribution < 1.29 is 0 Å². The first kappa shape index (κ1) is 12.9. The van der Waals surface area contributed by atoms with Crippen molar-refractivity contribution in [1.29, 1.82) is 0 Å². The summed E-state index contributed by atoms with van der Waals surface area (Å²) in [5.74, 6) is 0. The Balaban J connectivity index is 2.35. The fraction of sp³-hybridized carbons (Fsp3) is 1.00. The highest BCUT2D eigenvalue weighted by Crippen LogP contribution is 2.12. The fourth-order valence-corrected chi connectivity index (χ4v) is 2.40. The molecule has 0 aromatic carbocycles. The lowest BCUT2D eigenvalue weighted by molar-refractivity contribution is 0.183. The third-order valence-corrected chi connectivity index (χ3v) is 3.37. The molecule has 2 unspecified atom stereocenters. The van der Waals surface area contributed by atoms with E-state index in [9.17, 15) is 0 Å². The van der Waals surface area contributed by atoms with Crippen molar-refractivity contribution in [3.8, 4) is 0 Å². The molecule has 0 aromatic rings. The standard InChI is InChI=1S/C12H27N3/c1-5-6-12(14(2)3)9-11-10-15(4)8-7-13-11/h11-13H,5-10H2,1-4H3. The van der Waals surface area contributed by atoms with Crippen LogP contribution in [0, 0.1) is 0 Å². The van der Waals surface area contributed by atoms with Gasteiger partial charge in [-0.25, -0.2) is 0 Å². The maximum Gasteiger partial charge on any atom is 0.0210 e. The van der Waals surface area contributed by atoms with E-state index >= 15 is 0 Å². The van der Waals surface area contributed by atoms with Gasteiger partial charge in [-0.05, 0) is 34.0 Å². The van der Waals surface area contributed by atoms with Gasteiger partial charge in [-0.1, -0.05) is 13.3 Å². The van der Waals surface area contributed by atoms with Gasteiger partial charge in [0.1, 0.15) is 0 Å². The molecule has 1 rings (SSSR count). The highest BCUT2D eigenvalue weighted by molar-refractivity contribution is 4.81. The SMILES string of the molecule is CCCC(CC1CN(C)CCN1)N(C)C. The van der Waals surface area contributed by atoms with Gasteiger partial charge in [-0.15, -0.1) is 0 Å². The molecule has 0 bridgehead atoms. The van der Waals surface area contributed by atoms with Gasteiger partial charge in [0.05, 0.1) is 0 Å². The minimum absolute atomic E-state index is 0.683. The summed E-state index contributed by atoms with van der Waals surface area (Å²) in [6.07, 6.45) is 3.88. The molecule has 3 nitrogen and oxygen atoms in total. The lowest BCUT2D eigenvalue weighted by atomic mass is 10.0. The minimum Gasteiger partial charge on any atom is -0.311 e. The molecule has 2 atom stereocenters. The van der Waals surface area contributed by atoms with Crippen molar-refractivity contribution in [1.82, 2.24) is 15.1 Å². The highest BCUT2D eigenvalue weighted by Gasteiger charge is 2.21. The molecule has 0 aromatic heterocycles. The van der Waals surface area contributed by atoms with Gasteiger partial charge in [0, 0.05) is 31.7 Å². The number of likely N-dealkylation sites (N-methyl/N-ethyl adjacent to an activating group) is 1. The van der Waals surface area contributed by atoms with Crippen LogP contribution in [0.25, 0.3) is 0 Å². The van der Waals surface area contributed by atoms with Gasteiger partial charge in [0.25, 0.3) is 0 Å². The van der Waals surface area contributed by atoms with Crippen molar-refractivity contribution in [2.45, 2.75) is 38.3 Å². The van der Waals surface area contributed by atoms with Gasteiger partial charge in [0.15, 0.2) is 0 Å². The maximum atomic E-state index is 3.62. The van der Waals surface area contributed by atoms with Gasteiger partial charge in [-0.3, -0.25) is 0 Å². The van der Waals surface area contributed by atoms with Crippen molar-refractivity contribution in [2.75, 3.05) is 40.8 Å². The Morgan fingerprint density at radius 2 is 2.20 bits per heavy atom. The van der Waals surface area contributed by atoms with Gasteiger partial charge in [-0.2, -0.15) is 0 Å². The minimum atomic E-state index is 0.683. The Morgan fingerprint density at radius 3 is 2.73 bits per heavy atom. The molecule has 1 saturated heterocycles. The Labute approximate surface area is 94.8 Å². The van der Waals surface area contributed by atoms with E-state index < -0.39 is 0 Å². The van der Waals surface area contributed by atoms with E-state index in [0.717, 1.165) is 12.6 Å². The van der Waals surface area contributed by atoms with Crippen LogP contribution in [0.1, 0.15) is 26.2 Å². The summed E-state index contributed by atoms with van der Waals surface area (Å²) in [6, 6.07) is 1.42. The van der Waals surface area contributed by atoms with E-state index in [1.54, 1.807) is 0 Å². The summed E-state index contributed by atoms with van der Waals surface area (Å²) in [7, 11) is 6.62. The second-order valence-electron chi connectivity index (χ2n) is 5.06. The summed E-state index contributed by atoms with van der Waals surface area (Å²) in [5.41, 5.74) is 0. The monoisotopic (exact) mass is 213 g/mol. The van der Waals surface area contributed by atoms with Gasteiger partial charge < -0.3 is 15.1 Å². The predicted molar refractivity (Wildman–Crippen MR) is 66.3 cm³/mol. The molecule has 0 amide bonds. The molecule has 0 spiro atoms. The summed E-state index contributed by atoms with van der Waals surface area (Å²) in [6.45, 7) is 5.81. The first-order valence-corrected chi connectivity index (χ1v) is 6.21. The van der Waals surface area contributed by atoms with E-state index in [1.807, 2.05) is 0 Å². The van der Waals surface area contributed by atoms with Crippen LogP contribution >= 0.6 is 0 Å². The number of nitrogens with one attached hydrogen (secondary N) is 1. The number of rotatable bonds is 5. The molecule has 1 fully saturated rings. The molecular weight excluding hydrogens is 186 g/mol. The third-order valence-electron chi connectivity index (χ3n) is 3.37. The summed E-state index contributed by atoms with van der Waals surface area (Å²) < 4.78 is 0. The zero-order valence-corrected chi connectivity index (χ0v) is 10.8. The molecule has 1 heterocycles. The normalized spacial score (nSPS) is 25.8. The Morgan fingerprint density at radius 1 is 1.47 bits per heavy atom. The van der Waals surface area contributed by atoms with Gasteiger partial charge in [0.2, 0.25) is 0 Å². The topological polar surface area (TPSA) is 18.5 Å². The molecule has 0 radical (unpaired) electrons. The van der Waals surface area contributed by atoms with Crippen LogP contribution in [-0.2, 0) is 0 Å². The van der Waals surface area contributed by atoms with Crippen LogP contribution in [0.4, 0.5) is 0 Å². The number of hydrogen-bond donors (Lipinski definition) is 1. The molecule has 0 saturated carbocycles. The molecule has 15 heavy (non-hydrogen) atoms. The Hall–Kier alpha value is -0.120. The van der Waals surface area contributed by atoms with Crippen LogP contribution in [0.3, 0.4) is 0 Å². The fourth-order valence-electron chi connectivity index (χ4n) is 2.40. The number of nitrogens with zero attached hydrogens (tertiary/aromatic N) is 2. The predicted octanol–water partition coefficient (Wildman–Crippen LogP) is 1.01. The summed E-state index contributed by atoms with van der Waals surface area (Å²) in [4.78, 5) is 4.81. The van der Waals surface area contributed by atoms with Crippen molar-refractivity contribution in [2.24, 2.45) is 0 Å². The van der Waals surface area contributed by atoms with Crippen LogP contribution in [0.15, 0.2) is 0 Å². The average molecular weight is 213 g/mol. The van der Waals surface area contributed by atoms with E-state index in [1.165, 1.54) is 32.4 Å². The van der Waals surface area contributed by atoms with Crippen LogP contribution in [0.2, 0.25) is 0 Å². The van der Waals surface area contributed by atoms with Crippen molar-refractivity contribution in [3.05, 3.63) is 0 Å². The smallest absolute Gasteiger partial charge is 0.0210 e. The zero-order valence-electron chi connectivity index (χ0n) is 10.8. The van der Waals surface area contributed by atoms with Gasteiger partial charge >= 0.3 is 0 Å². The second-order valence-corrected chi connectivity index (χ2v) is 5.06. The van der Waals surface area contributed by atoms with E-state index in [-0.39, 0.29) is 0 Å². The molecule has 90 valence electrons. The Kier molecular flexibility index (Phi) is 5.58. The zero-order chi connectivity index (χ0) is 11.3. The largest absolute Gasteiger partial charge is 0.311 e. The molecule has 1 aliphatic rings. The van der Waals surface area contributed by atoms with Crippen LogP contribution in [-0.4, -0.2) is 62.7 Å². The lowest BCUT2D eigenvalue weighted by Gasteiger charge is -2.35. The molecule has 1 N–H and O–H groups in total.